The molecule has 0 saturated carbocycles. The Bertz CT molecular complexity index is 1140. The molecule has 36 heavy (non-hydrogen) atoms. The molecule has 2 rings (SSSR count). The van der Waals surface area contributed by atoms with Crippen LogP contribution in [0.2, 0.25) is 0 Å². The lowest BCUT2D eigenvalue weighted by Gasteiger charge is -2.15. The molecule has 2 aromatic carbocycles. The van der Waals surface area contributed by atoms with E-state index in [4.69, 9.17) is 23.7 Å². The Kier molecular flexibility index (Phi) is 10.9. The highest BCUT2D eigenvalue weighted by atomic mass is 19.1. The van der Waals surface area contributed by atoms with Gasteiger partial charge in [0.1, 0.15) is 19.8 Å². The van der Waals surface area contributed by atoms with Gasteiger partial charge in [-0.1, -0.05) is 37.4 Å². The number of esters is 2. The summed E-state index contributed by atoms with van der Waals surface area (Å²) in [6.07, 6.45) is 0. The SMILES string of the molecule is C=C(C)COCCOc1ccc(-c2ccc(OC(=O)C(=C)C)c(F)c2)cc1OCCOC(=O)C(=C)C. The monoisotopic (exact) mass is 498 g/mol. The number of carbonyl (C=O) groups is 2. The van der Waals surface area contributed by atoms with E-state index in [1.165, 1.54) is 19.1 Å². The summed E-state index contributed by atoms with van der Waals surface area (Å²) in [5.41, 5.74) is 2.51. The third-order valence-corrected chi connectivity index (χ3v) is 4.52. The predicted molar refractivity (Wildman–Crippen MR) is 135 cm³/mol. The number of halogens is 1. The molecule has 0 spiro atoms. The van der Waals surface area contributed by atoms with Gasteiger partial charge in [-0.05, 0) is 56.2 Å². The van der Waals surface area contributed by atoms with Crippen LogP contribution in [0, 0.1) is 5.82 Å². The summed E-state index contributed by atoms with van der Waals surface area (Å²) in [7, 11) is 0. The second kappa shape index (κ2) is 13.8. The summed E-state index contributed by atoms with van der Waals surface area (Å²) in [4.78, 5) is 23.3. The molecular formula is C28H31FO7. The van der Waals surface area contributed by atoms with E-state index in [9.17, 15) is 14.0 Å². The van der Waals surface area contributed by atoms with Crippen molar-refractivity contribution in [2.24, 2.45) is 0 Å². The van der Waals surface area contributed by atoms with Crippen molar-refractivity contribution < 1.29 is 37.7 Å². The Morgan fingerprint density at radius 1 is 0.750 bits per heavy atom. The van der Waals surface area contributed by atoms with Gasteiger partial charge in [0.2, 0.25) is 0 Å². The van der Waals surface area contributed by atoms with Crippen LogP contribution in [0.1, 0.15) is 20.8 Å². The molecule has 0 fully saturated rings. The molecule has 0 radical (unpaired) electrons. The second-order valence-corrected chi connectivity index (χ2v) is 8.10. The van der Waals surface area contributed by atoms with Crippen LogP contribution in [0.15, 0.2) is 72.9 Å². The highest BCUT2D eigenvalue weighted by Crippen LogP contribution is 2.34. The van der Waals surface area contributed by atoms with E-state index in [1.807, 2.05) is 6.92 Å². The van der Waals surface area contributed by atoms with Crippen LogP contribution >= 0.6 is 0 Å². The van der Waals surface area contributed by atoms with Gasteiger partial charge in [-0.25, -0.2) is 14.0 Å². The molecule has 8 heteroatoms. The van der Waals surface area contributed by atoms with E-state index in [0.717, 1.165) is 5.57 Å². The van der Waals surface area contributed by atoms with Crippen LogP contribution in [0.3, 0.4) is 0 Å². The molecule has 192 valence electrons. The van der Waals surface area contributed by atoms with Gasteiger partial charge >= 0.3 is 11.9 Å². The molecule has 0 aliphatic carbocycles. The number of hydrogen-bond donors (Lipinski definition) is 0. The average Bonchev–Trinajstić information content (AvgIpc) is 2.82. The minimum absolute atomic E-state index is 0.00843. The zero-order chi connectivity index (χ0) is 26.7. The number of hydrogen-bond acceptors (Lipinski definition) is 7. The quantitative estimate of drug-likeness (QED) is 0.113. The molecule has 0 heterocycles. The normalized spacial score (nSPS) is 10.3. The lowest BCUT2D eigenvalue weighted by atomic mass is 10.0. The maximum Gasteiger partial charge on any atom is 0.338 e. The Balaban J connectivity index is 2.18. The summed E-state index contributed by atoms with van der Waals surface area (Å²) in [6.45, 7) is 16.8. The second-order valence-electron chi connectivity index (χ2n) is 8.10. The summed E-state index contributed by atoms with van der Waals surface area (Å²) >= 11 is 0. The molecule has 0 saturated heterocycles. The van der Waals surface area contributed by atoms with Crippen molar-refractivity contribution in [1.29, 1.82) is 0 Å². The molecule has 0 aliphatic heterocycles. The first-order valence-electron chi connectivity index (χ1n) is 11.2. The minimum Gasteiger partial charge on any atom is -0.487 e. The number of benzene rings is 2. The van der Waals surface area contributed by atoms with E-state index in [-0.39, 0.29) is 36.7 Å². The smallest absolute Gasteiger partial charge is 0.338 e. The van der Waals surface area contributed by atoms with Crippen LogP contribution in [0.5, 0.6) is 17.2 Å². The molecule has 0 atom stereocenters. The molecule has 0 aromatic heterocycles. The molecule has 0 bridgehead atoms. The predicted octanol–water partition coefficient (Wildman–Crippen LogP) is 5.44. The molecule has 0 aliphatic rings. The van der Waals surface area contributed by atoms with E-state index in [1.54, 1.807) is 31.2 Å². The largest absolute Gasteiger partial charge is 0.487 e. The zero-order valence-electron chi connectivity index (χ0n) is 20.9. The van der Waals surface area contributed by atoms with Gasteiger partial charge in [-0.2, -0.15) is 0 Å². The van der Waals surface area contributed by atoms with E-state index < -0.39 is 17.8 Å². The Morgan fingerprint density at radius 3 is 1.94 bits per heavy atom. The summed E-state index contributed by atoms with van der Waals surface area (Å²) in [5.74, 6) is -1.31. The maximum absolute atomic E-state index is 14.6. The summed E-state index contributed by atoms with van der Waals surface area (Å²) < 4.78 is 41.7. The fourth-order valence-corrected chi connectivity index (χ4v) is 2.74. The summed E-state index contributed by atoms with van der Waals surface area (Å²) in [6, 6.07) is 9.35. The lowest BCUT2D eigenvalue weighted by Crippen LogP contribution is -2.13. The van der Waals surface area contributed by atoms with E-state index in [2.05, 4.69) is 19.7 Å². The van der Waals surface area contributed by atoms with Crippen molar-refractivity contribution in [3.05, 3.63) is 78.7 Å². The highest BCUT2D eigenvalue weighted by Gasteiger charge is 2.14. The van der Waals surface area contributed by atoms with Gasteiger partial charge < -0.3 is 23.7 Å². The maximum atomic E-state index is 14.6. The summed E-state index contributed by atoms with van der Waals surface area (Å²) in [5, 5.41) is 0. The van der Waals surface area contributed by atoms with Crippen molar-refractivity contribution in [3.63, 3.8) is 0 Å². The topological polar surface area (TPSA) is 80.3 Å². The number of ether oxygens (including phenoxy) is 5. The first-order chi connectivity index (χ1) is 17.1. The van der Waals surface area contributed by atoms with Crippen molar-refractivity contribution in [3.8, 4) is 28.4 Å². The van der Waals surface area contributed by atoms with Gasteiger partial charge in [0.25, 0.3) is 0 Å². The third kappa shape index (κ3) is 9.03. The number of rotatable bonds is 14. The fraction of sp³-hybridized carbons (Fsp3) is 0.286. The zero-order valence-corrected chi connectivity index (χ0v) is 20.9. The minimum atomic E-state index is -0.710. The molecule has 2 aromatic rings. The van der Waals surface area contributed by atoms with Crippen LogP contribution in [0.25, 0.3) is 11.1 Å². The van der Waals surface area contributed by atoms with Gasteiger partial charge in [-0.3, -0.25) is 0 Å². The lowest BCUT2D eigenvalue weighted by molar-refractivity contribution is -0.139. The van der Waals surface area contributed by atoms with E-state index >= 15 is 0 Å². The van der Waals surface area contributed by atoms with Gasteiger partial charge in [0.15, 0.2) is 23.1 Å². The van der Waals surface area contributed by atoms with Crippen LogP contribution in [-0.4, -0.2) is 45.0 Å². The number of carbonyl (C=O) groups excluding carboxylic acids is 2. The Hall–Kier alpha value is -3.91. The first-order valence-corrected chi connectivity index (χ1v) is 11.2. The van der Waals surface area contributed by atoms with Crippen molar-refractivity contribution in [2.45, 2.75) is 20.8 Å². The molecule has 0 amide bonds. The highest BCUT2D eigenvalue weighted by molar-refractivity contribution is 5.89. The van der Waals surface area contributed by atoms with Gasteiger partial charge in [0.05, 0.1) is 13.2 Å². The standard InChI is InChI=1S/C28H31FO7/c1-18(2)17-32-11-12-33-25-10-8-22(16-26(25)34-13-14-35-27(30)19(3)4)21-7-9-24(23(29)15-21)36-28(31)20(5)6/h7-10,15-16H,1,3,5,11-14,17H2,2,4,6H3. The molecular weight excluding hydrogens is 467 g/mol. The molecule has 0 N–H and O–H groups in total. The third-order valence-electron chi connectivity index (χ3n) is 4.52. The molecule has 0 unspecified atom stereocenters. The fourth-order valence-electron chi connectivity index (χ4n) is 2.74. The Morgan fingerprint density at radius 2 is 1.33 bits per heavy atom. The van der Waals surface area contributed by atoms with E-state index in [0.29, 0.717) is 35.8 Å². The van der Waals surface area contributed by atoms with Gasteiger partial charge in [-0.15, -0.1) is 0 Å². The molecule has 7 nitrogen and oxygen atoms in total. The van der Waals surface area contributed by atoms with Crippen LogP contribution in [0.4, 0.5) is 4.39 Å². The van der Waals surface area contributed by atoms with Gasteiger partial charge in [0, 0.05) is 11.1 Å². The van der Waals surface area contributed by atoms with Crippen molar-refractivity contribution >= 4 is 11.9 Å². The average molecular weight is 499 g/mol. The van der Waals surface area contributed by atoms with Crippen LogP contribution < -0.4 is 14.2 Å². The Labute approximate surface area is 210 Å². The van der Waals surface area contributed by atoms with Crippen molar-refractivity contribution in [2.75, 3.05) is 33.0 Å². The van der Waals surface area contributed by atoms with Crippen molar-refractivity contribution in [1.82, 2.24) is 0 Å². The first kappa shape index (κ1) is 28.3. The van der Waals surface area contributed by atoms with Crippen LogP contribution in [-0.2, 0) is 19.1 Å².